The highest BCUT2D eigenvalue weighted by Gasteiger charge is 1.99. The van der Waals surface area contributed by atoms with Gasteiger partial charge >= 0.3 is 0 Å². The van der Waals surface area contributed by atoms with Crippen LogP contribution < -0.4 is 5.32 Å². The molecule has 1 aromatic carbocycles. The minimum absolute atomic E-state index is 0.00237. The molecular formula is C11H15NO2S. The van der Waals surface area contributed by atoms with Crippen molar-refractivity contribution in [2.75, 3.05) is 12.3 Å². The second-order valence-corrected chi connectivity index (χ2v) is 4.29. The molecule has 0 saturated carbocycles. The molecule has 1 rings (SSSR count). The van der Waals surface area contributed by atoms with Crippen LogP contribution in [0.15, 0.2) is 29.2 Å². The highest BCUT2D eigenvalue weighted by molar-refractivity contribution is 7.99. The Kier molecular flexibility index (Phi) is 5.04. The first-order chi connectivity index (χ1) is 7.20. The molecule has 82 valence electrons. The Labute approximate surface area is 93.9 Å². The first kappa shape index (κ1) is 11.9. The SMILES string of the molecule is CC(=O)NCCCSc1ccccc1O. The predicted octanol–water partition coefficient (Wildman–Crippen LogP) is 2.01. The van der Waals surface area contributed by atoms with Gasteiger partial charge in [0.25, 0.3) is 0 Å². The monoisotopic (exact) mass is 225 g/mol. The summed E-state index contributed by atoms with van der Waals surface area (Å²) in [5.41, 5.74) is 0. The van der Waals surface area contributed by atoms with E-state index in [4.69, 9.17) is 0 Å². The summed E-state index contributed by atoms with van der Waals surface area (Å²) in [4.78, 5) is 11.5. The third kappa shape index (κ3) is 4.74. The number of thioether (sulfide) groups is 1. The average Bonchev–Trinajstić information content (AvgIpc) is 2.20. The van der Waals surface area contributed by atoms with E-state index in [-0.39, 0.29) is 5.91 Å². The number of hydrogen-bond acceptors (Lipinski definition) is 3. The molecule has 1 aromatic rings. The van der Waals surface area contributed by atoms with Gasteiger partial charge < -0.3 is 10.4 Å². The molecule has 0 aliphatic rings. The van der Waals surface area contributed by atoms with Crippen LogP contribution in [0.1, 0.15) is 13.3 Å². The molecule has 0 atom stereocenters. The minimum Gasteiger partial charge on any atom is -0.507 e. The van der Waals surface area contributed by atoms with E-state index in [0.717, 1.165) is 17.1 Å². The maximum atomic E-state index is 10.6. The molecule has 0 aliphatic carbocycles. The molecule has 3 nitrogen and oxygen atoms in total. The molecule has 0 spiro atoms. The molecule has 15 heavy (non-hydrogen) atoms. The van der Waals surface area contributed by atoms with Gasteiger partial charge in [0.05, 0.1) is 0 Å². The molecule has 0 saturated heterocycles. The van der Waals surface area contributed by atoms with Crippen molar-refractivity contribution in [2.24, 2.45) is 0 Å². The fourth-order valence-electron chi connectivity index (χ4n) is 1.10. The number of nitrogens with one attached hydrogen (secondary N) is 1. The van der Waals surface area contributed by atoms with Gasteiger partial charge in [0.15, 0.2) is 0 Å². The standard InChI is InChI=1S/C11H15NO2S/c1-9(13)12-7-4-8-15-11-6-3-2-5-10(11)14/h2-3,5-6,14H,4,7-8H2,1H3,(H,12,13). The van der Waals surface area contributed by atoms with Crippen LogP contribution in [0.4, 0.5) is 0 Å². The molecule has 0 bridgehead atoms. The quantitative estimate of drug-likeness (QED) is 0.595. The van der Waals surface area contributed by atoms with E-state index in [1.54, 1.807) is 23.9 Å². The summed E-state index contributed by atoms with van der Waals surface area (Å²) in [5, 5.41) is 12.2. The molecule has 0 fully saturated rings. The molecule has 2 N–H and O–H groups in total. The van der Waals surface area contributed by atoms with Gasteiger partial charge in [-0.05, 0) is 24.3 Å². The molecule has 0 radical (unpaired) electrons. The lowest BCUT2D eigenvalue weighted by Crippen LogP contribution is -2.21. The zero-order valence-electron chi connectivity index (χ0n) is 8.69. The van der Waals surface area contributed by atoms with E-state index in [1.807, 2.05) is 12.1 Å². The first-order valence-corrected chi connectivity index (χ1v) is 5.84. The van der Waals surface area contributed by atoms with Gasteiger partial charge in [-0.1, -0.05) is 12.1 Å². The number of carbonyl (C=O) groups is 1. The second-order valence-electron chi connectivity index (χ2n) is 3.15. The van der Waals surface area contributed by atoms with Crippen LogP contribution in [-0.2, 0) is 4.79 Å². The number of phenols is 1. The molecule has 1 amide bonds. The largest absolute Gasteiger partial charge is 0.507 e. The third-order valence-corrected chi connectivity index (χ3v) is 2.97. The van der Waals surface area contributed by atoms with Crippen molar-refractivity contribution in [3.8, 4) is 5.75 Å². The lowest BCUT2D eigenvalue weighted by Gasteiger charge is -2.04. The van der Waals surface area contributed by atoms with Crippen LogP contribution in [0.25, 0.3) is 0 Å². The number of amides is 1. The van der Waals surface area contributed by atoms with Crippen molar-refractivity contribution in [1.82, 2.24) is 5.32 Å². The molecule has 0 aromatic heterocycles. The van der Waals surface area contributed by atoms with Crippen molar-refractivity contribution in [1.29, 1.82) is 0 Å². The van der Waals surface area contributed by atoms with Crippen LogP contribution in [0.2, 0.25) is 0 Å². The molecular weight excluding hydrogens is 210 g/mol. The Bertz CT molecular complexity index is 328. The zero-order chi connectivity index (χ0) is 11.1. The van der Waals surface area contributed by atoms with Crippen molar-refractivity contribution in [2.45, 2.75) is 18.2 Å². The summed E-state index contributed by atoms with van der Waals surface area (Å²) in [6.07, 6.45) is 0.901. The van der Waals surface area contributed by atoms with E-state index >= 15 is 0 Å². The fraction of sp³-hybridized carbons (Fsp3) is 0.364. The maximum absolute atomic E-state index is 10.6. The first-order valence-electron chi connectivity index (χ1n) is 4.85. The van der Waals surface area contributed by atoms with E-state index in [0.29, 0.717) is 12.3 Å². The Morgan fingerprint density at radius 3 is 2.87 bits per heavy atom. The number of benzene rings is 1. The molecule has 0 unspecified atom stereocenters. The van der Waals surface area contributed by atoms with E-state index < -0.39 is 0 Å². The smallest absolute Gasteiger partial charge is 0.216 e. The van der Waals surface area contributed by atoms with Gasteiger partial charge in [-0.15, -0.1) is 11.8 Å². The topological polar surface area (TPSA) is 49.3 Å². The number of rotatable bonds is 5. The summed E-state index contributed by atoms with van der Waals surface area (Å²) in [6, 6.07) is 7.27. The van der Waals surface area contributed by atoms with Crippen LogP contribution in [0.5, 0.6) is 5.75 Å². The molecule has 4 heteroatoms. The summed E-state index contributed by atoms with van der Waals surface area (Å²) < 4.78 is 0. The van der Waals surface area contributed by atoms with Crippen molar-refractivity contribution < 1.29 is 9.90 Å². The highest BCUT2D eigenvalue weighted by atomic mass is 32.2. The van der Waals surface area contributed by atoms with Crippen LogP contribution in [-0.4, -0.2) is 23.3 Å². The van der Waals surface area contributed by atoms with Crippen LogP contribution >= 0.6 is 11.8 Å². The Morgan fingerprint density at radius 2 is 2.20 bits per heavy atom. The lowest BCUT2D eigenvalue weighted by atomic mass is 10.3. The third-order valence-electron chi connectivity index (χ3n) is 1.82. The van der Waals surface area contributed by atoms with E-state index in [2.05, 4.69) is 5.32 Å². The van der Waals surface area contributed by atoms with Gasteiger partial charge in [-0.3, -0.25) is 4.79 Å². The Balaban J connectivity index is 2.21. The van der Waals surface area contributed by atoms with Gasteiger partial charge in [0.2, 0.25) is 5.91 Å². The summed E-state index contributed by atoms with van der Waals surface area (Å²) >= 11 is 1.60. The second kappa shape index (κ2) is 6.35. The summed E-state index contributed by atoms with van der Waals surface area (Å²) in [5.74, 6) is 1.21. The Morgan fingerprint density at radius 1 is 1.47 bits per heavy atom. The minimum atomic E-state index is 0.00237. The zero-order valence-corrected chi connectivity index (χ0v) is 9.51. The van der Waals surface area contributed by atoms with Crippen LogP contribution in [0, 0.1) is 0 Å². The molecule has 0 heterocycles. The van der Waals surface area contributed by atoms with Gasteiger partial charge in [0.1, 0.15) is 5.75 Å². The highest BCUT2D eigenvalue weighted by Crippen LogP contribution is 2.27. The number of carbonyl (C=O) groups excluding carboxylic acids is 1. The average molecular weight is 225 g/mol. The number of aromatic hydroxyl groups is 1. The van der Waals surface area contributed by atoms with Crippen LogP contribution in [0.3, 0.4) is 0 Å². The normalized spacial score (nSPS) is 9.93. The van der Waals surface area contributed by atoms with Gasteiger partial charge in [-0.2, -0.15) is 0 Å². The van der Waals surface area contributed by atoms with Crippen molar-refractivity contribution >= 4 is 17.7 Å². The maximum Gasteiger partial charge on any atom is 0.216 e. The van der Waals surface area contributed by atoms with Gasteiger partial charge in [0, 0.05) is 18.4 Å². The van der Waals surface area contributed by atoms with Crippen molar-refractivity contribution in [3.05, 3.63) is 24.3 Å². The van der Waals surface area contributed by atoms with E-state index in [9.17, 15) is 9.90 Å². The summed E-state index contributed by atoms with van der Waals surface area (Å²) in [7, 11) is 0. The van der Waals surface area contributed by atoms with E-state index in [1.165, 1.54) is 6.92 Å². The van der Waals surface area contributed by atoms with Gasteiger partial charge in [-0.25, -0.2) is 0 Å². The number of phenolic OH excluding ortho intramolecular Hbond substituents is 1. The lowest BCUT2D eigenvalue weighted by molar-refractivity contribution is -0.118. The number of para-hydroxylation sites is 1. The van der Waals surface area contributed by atoms with Crippen molar-refractivity contribution in [3.63, 3.8) is 0 Å². The predicted molar refractivity (Wildman–Crippen MR) is 62.1 cm³/mol. The Hall–Kier alpha value is -1.16. The number of hydrogen-bond donors (Lipinski definition) is 2. The fourth-order valence-corrected chi connectivity index (χ4v) is 2.00. The summed E-state index contributed by atoms with van der Waals surface area (Å²) in [6.45, 7) is 2.20. The molecule has 0 aliphatic heterocycles.